The highest BCUT2D eigenvalue weighted by atomic mass is 19.1. The van der Waals surface area contributed by atoms with Gasteiger partial charge in [0.05, 0.1) is 0 Å². The number of nitrogens with two attached hydrogens (primary N) is 1. The maximum Gasteiger partial charge on any atom is 0.126 e. The van der Waals surface area contributed by atoms with Gasteiger partial charge in [0, 0.05) is 6.04 Å². The number of benzene rings is 1. The summed E-state index contributed by atoms with van der Waals surface area (Å²) in [4.78, 5) is 2.52. The molecule has 0 aliphatic carbocycles. The number of rotatable bonds is 5. The maximum atomic E-state index is 13.4. The lowest BCUT2D eigenvalue weighted by Gasteiger charge is -2.28. The third-order valence-corrected chi connectivity index (χ3v) is 3.83. The van der Waals surface area contributed by atoms with Crippen LogP contribution in [0.2, 0.25) is 0 Å². The molecule has 0 spiro atoms. The summed E-state index contributed by atoms with van der Waals surface area (Å²) in [6.45, 7) is 4.88. The zero-order valence-electron chi connectivity index (χ0n) is 11.2. The summed E-state index contributed by atoms with van der Waals surface area (Å²) < 4.78 is 13.4. The molecule has 0 bridgehead atoms. The fourth-order valence-corrected chi connectivity index (χ4v) is 2.80. The van der Waals surface area contributed by atoms with Crippen LogP contribution in [0.3, 0.4) is 0 Å². The molecule has 100 valence electrons. The second kappa shape index (κ2) is 6.30. The molecule has 0 amide bonds. The normalized spacial score (nSPS) is 18.2. The van der Waals surface area contributed by atoms with Crippen LogP contribution >= 0.6 is 0 Å². The van der Waals surface area contributed by atoms with E-state index >= 15 is 0 Å². The predicted octanol–water partition coefficient (Wildman–Crippen LogP) is 3.01. The molecule has 2 N–H and O–H groups in total. The third-order valence-electron chi connectivity index (χ3n) is 3.83. The first kappa shape index (κ1) is 13.5. The van der Waals surface area contributed by atoms with E-state index in [1.54, 1.807) is 6.07 Å². The summed E-state index contributed by atoms with van der Waals surface area (Å²) in [6, 6.07) is 5.93. The Balaban J connectivity index is 2.17. The molecule has 1 atom stereocenters. The van der Waals surface area contributed by atoms with Gasteiger partial charge in [-0.3, -0.25) is 4.90 Å². The smallest absolute Gasteiger partial charge is 0.126 e. The quantitative estimate of drug-likeness (QED) is 0.870. The standard InChI is InChI=1S/C15H23FN2/c1-12-11-13(6-7-14(12)16)15(5-4-8-17)18-9-2-3-10-18/h6-7,11,15H,2-5,8-10,17H2,1H3. The summed E-state index contributed by atoms with van der Waals surface area (Å²) in [5.74, 6) is -0.113. The van der Waals surface area contributed by atoms with Gasteiger partial charge in [-0.15, -0.1) is 0 Å². The summed E-state index contributed by atoms with van der Waals surface area (Å²) >= 11 is 0. The highest BCUT2D eigenvalue weighted by Crippen LogP contribution is 2.29. The molecule has 1 saturated heterocycles. The van der Waals surface area contributed by atoms with E-state index in [2.05, 4.69) is 4.90 Å². The van der Waals surface area contributed by atoms with E-state index in [0.717, 1.165) is 38.0 Å². The van der Waals surface area contributed by atoms with Gasteiger partial charge in [-0.2, -0.15) is 0 Å². The number of likely N-dealkylation sites (tertiary alicyclic amines) is 1. The molecule has 1 heterocycles. The van der Waals surface area contributed by atoms with E-state index in [0.29, 0.717) is 6.04 Å². The Morgan fingerprint density at radius 2 is 2.06 bits per heavy atom. The van der Waals surface area contributed by atoms with Gasteiger partial charge in [0.1, 0.15) is 5.82 Å². The molecule has 0 aromatic heterocycles. The largest absolute Gasteiger partial charge is 0.330 e. The minimum Gasteiger partial charge on any atom is -0.330 e. The minimum atomic E-state index is -0.113. The van der Waals surface area contributed by atoms with Crippen molar-refractivity contribution < 1.29 is 4.39 Å². The van der Waals surface area contributed by atoms with Gasteiger partial charge in [-0.1, -0.05) is 12.1 Å². The van der Waals surface area contributed by atoms with Gasteiger partial charge in [-0.25, -0.2) is 4.39 Å². The third kappa shape index (κ3) is 3.09. The Bertz CT molecular complexity index is 386. The number of hydrogen-bond acceptors (Lipinski definition) is 2. The number of hydrogen-bond donors (Lipinski definition) is 1. The number of aryl methyl sites for hydroxylation is 1. The minimum absolute atomic E-state index is 0.113. The average Bonchev–Trinajstić information content (AvgIpc) is 2.88. The second-order valence-electron chi connectivity index (χ2n) is 5.20. The maximum absolute atomic E-state index is 13.4. The monoisotopic (exact) mass is 250 g/mol. The van der Waals surface area contributed by atoms with Crippen LogP contribution in [0.1, 0.15) is 42.9 Å². The van der Waals surface area contributed by atoms with Crippen molar-refractivity contribution in [2.24, 2.45) is 5.73 Å². The molecule has 1 unspecified atom stereocenters. The van der Waals surface area contributed by atoms with Crippen LogP contribution in [-0.4, -0.2) is 24.5 Å². The lowest BCUT2D eigenvalue weighted by Crippen LogP contribution is -2.26. The summed E-state index contributed by atoms with van der Waals surface area (Å²) in [6.07, 6.45) is 4.65. The van der Waals surface area contributed by atoms with Crippen molar-refractivity contribution in [2.45, 2.75) is 38.6 Å². The number of nitrogens with zero attached hydrogens (tertiary/aromatic N) is 1. The molecule has 3 heteroatoms. The fourth-order valence-electron chi connectivity index (χ4n) is 2.80. The zero-order chi connectivity index (χ0) is 13.0. The van der Waals surface area contributed by atoms with Crippen molar-refractivity contribution >= 4 is 0 Å². The highest BCUT2D eigenvalue weighted by molar-refractivity contribution is 5.26. The van der Waals surface area contributed by atoms with Gasteiger partial charge in [0.15, 0.2) is 0 Å². The molecule has 1 aromatic rings. The molecule has 1 aliphatic rings. The van der Waals surface area contributed by atoms with Crippen LogP contribution in [0.4, 0.5) is 4.39 Å². The van der Waals surface area contributed by atoms with Crippen molar-refractivity contribution in [2.75, 3.05) is 19.6 Å². The van der Waals surface area contributed by atoms with Crippen molar-refractivity contribution in [1.82, 2.24) is 4.90 Å². The Morgan fingerprint density at radius 1 is 1.33 bits per heavy atom. The van der Waals surface area contributed by atoms with E-state index in [1.807, 2.05) is 19.1 Å². The van der Waals surface area contributed by atoms with E-state index < -0.39 is 0 Å². The van der Waals surface area contributed by atoms with Gasteiger partial charge >= 0.3 is 0 Å². The van der Waals surface area contributed by atoms with Crippen LogP contribution in [0.5, 0.6) is 0 Å². The van der Waals surface area contributed by atoms with Crippen LogP contribution in [-0.2, 0) is 0 Å². The molecule has 0 saturated carbocycles. The lowest BCUT2D eigenvalue weighted by atomic mass is 9.98. The summed E-state index contributed by atoms with van der Waals surface area (Å²) in [5, 5.41) is 0. The first-order valence-electron chi connectivity index (χ1n) is 6.92. The number of halogens is 1. The van der Waals surface area contributed by atoms with Crippen LogP contribution in [0, 0.1) is 12.7 Å². The van der Waals surface area contributed by atoms with Gasteiger partial charge in [-0.05, 0) is 69.4 Å². The first-order chi connectivity index (χ1) is 8.72. The Hall–Kier alpha value is -0.930. The first-order valence-corrected chi connectivity index (χ1v) is 6.92. The molecule has 1 aliphatic heterocycles. The van der Waals surface area contributed by atoms with E-state index in [1.165, 1.54) is 18.4 Å². The van der Waals surface area contributed by atoms with E-state index in [4.69, 9.17) is 5.73 Å². The molecule has 18 heavy (non-hydrogen) atoms. The van der Waals surface area contributed by atoms with E-state index in [9.17, 15) is 4.39 Å². The van der Waals surface area contributed by atoms with Crippen LogP contribution < -0.4 is 5.73 Å². The molecular weight excluding hydrogens is 227 g/mol. The SMILES string of the molecule is Cc1cc(C(CCCN)N2CCCC2)ccc1F. The zero-order valence-corrected chi connectivity index (χ0v) is 11.2. The molecular formula is C15H23FN2. The predicted molar refractivity (Wildman–Crippen MR) is 73.0 cm³/mol. The Labute approximate surface area is 109 Å². The summed E-state index contributed by atoms with van der Waals surface area (Å²) in [7, 11) is 0. The second-order valence-corrected chi connectivity index (χ2v) is 5.20. The van der Waals surface area contributed by atoms with Crippen molar-refractivity contribution in [3.63, 3.8) is 0 Å². The van der Waals surface area contributed by atoms with Gasteiger partial charge in [0.2, 0.25) is 0 Å². The molecule has 2 nitrogen and oxygen atoms in total. The Kier molecular flexibility index (Phi) is 4.72. The Morgan fingerprint density at radius 3 is 2.67 bits per heavy atom. The average molecular weight is 250 g/mol. The molecule has 1 aromatic carbocycles. The van der Waals surface area contributed by atoms with Crippen molar-refractivity contribution in [3.05, 3.63) is 35.1 Å². The fraction of sp³-hybridized carbons (Fsp3) is 0.600. The molecule has 2 rings (SSSR count). The van der Waals surface area contributed by atoms with E-state index in [-0.39, 0.29) is 5.82 Å². The molecule has 0 radical (unpaired) electrons. The van der Waals surface area contributed by atoms with Gasteiger partial charge in [0.25, 0.3) is 0 Å². The molecule has 1 fully saturated rings. The topological polar surface area (TPSA) is 29.3 Å². The van der Waals surface area contributed by atoms with Crippen molar-refractivity contribution in [1.29, 1.82) is 0 Å². The van der Waals surface area contributed by atoms with Crippen LogP contribution in [0.15, 0.2) is 18.2 Å². The lowest BCUT2D eigenvalue weighted by molar-refractivity contribution is 0.230. The van der Waals surface area contributed by atoms with Gasteiger partial charge < -0.3 is 5.73 Å². The van der Waals surface area contributed by atoms with Crippen molar-refractivity contribution in [3.8, 4) is 0 Å². The highest BCUT2D eigenvalue weighted by Gasteiger charge is 2.23. The summed E-state index contributed by atoms with van der Waals surface area (Å²) in [5.41, 5.74) is 7.61. The van der Waals surface area contributed by atoms with Crippen LogP contribution in [0.25, 0.3) is 0 Å².